The number of rotatable bonds is 10. The molecule has 1 aromatic carbocycles. The third-order valence-corrected chi connectivity index (χ3v) is 14.4. The highest BCUT2D eigenvalue weighted by Gasteiger charge is 2.65. The number of epoxide rings is 1. The van der Waals surface area contributed by atoms with E-state index < -0.39 is 29.2 Å². The third-order valence-electron chi connectivity index (χ3n) is 6.03. The summed E-state index contributed by atoms with van der Waals surface area (Å²) in [6, 6.07) is 8.65. The zero-order valence-corrected chi connectivity index (χ0v) is 19.7. The van der Waals surface area contributed by atoms with Crippen LogP contribution in [0.4, 0.5) is 0 Å². The maximum atomic E-state index is 13.4. The van der Waals surface area contributed by atoms with Crippen molar-refractivity contribution in [3.05, 3.63) is 30.3 Å². The second kappa shape index (κ2) is 8.35. The van der Waals surface area contributed by atoms with Crippen LogP contribution in [0.2, 0.25) is 16.6 Å². The number of ether oxygens (including phenoxy) is 1. The second-order valence-corrected chi connectivity index (χ2v) is 16.2. The van der Waals surface area contributed by atoms with Gasteiger partial charge in [-0.3, -0.25) is 0 Å². The molecule has 1 fully saturated rings. The van der Waals surface area contributed by atoms with E-state index in [2.05, 4.69) is 48.5 Å². The Bertz CT molecular complexity index is 687. The molecule has 1 aliphatic heterocycles. The summed E-state index contributed by atoms with van der Waals surface area (Å²) < 4.78 is 39.5. The largest absolute Gasteiger partial charge is 0.409 e. The third kappa shape index (κ3) is 3.91. The van der Waals surface area contributed by atoms with Crippen LogP contribution in [0.1, 0.15) is 61.3 Å². The van der Waals surface area contributed by atoms with Gasteiger partial charge >= 0.3 is 0 Å². The van der Waals surface area contributed by atoms with Gasteiger partial charge in [0.2, 0.25) is 23.1 Å². The molecule has 0 radical (unpaired) electrons. The fourth-order valence-corrected chi connectivity index (χ4v) is 12.2. The van der Waals surface area contributed by atoms with Crippen molar-refractivity contribution < 1.29 is 17.6 Å². The Kier molecular flexibility index (Phi) is 6.99. The average Bonchev–Trinajstić information content (AvgIpc) is 3.40. The zero-order chi connectivity index (χ0) is 20.5. The van der Waals surface area contributed by atoms with Crippen molar-refractivity contribution in [2.24, 2.45) is 0 Å². The molecular formula is C21H36O4SSi. The fraction of sp³-hybridized carbons (Fsp3) is 0.714. The maximum Gasteiger partial charge on any atom is 0.221 e. The summed E-state index contributed by atoms with van der Waals surface area (Å²) in [4.78, 5) is -0.917. The van der Waals surface area contributed by atoms with Gasteiger partial charge in [0.25, 0.3) is 0 Å². The van der Waals surface area contributed by atoms with Gasteiger partial charge in [-0.05, 0) is 35.2 Å². The molecule has 27 heavy (non-hydrogen) atoms. The summed E-state index contributed by atoms with van der Waals surface area (Å²) in [7, 11) is -5.85. The summed E-state index contributed by atoms with van der Waals surface area (Å²) in [5.41, 5.74) is 1.19. The molecule has 1 saturated heterocycles. The highest BCUT2D eigenvalue weighted by atomic mass is 32.2. The summed E-state index contributed by atoms with van der Waals surface area (Å²) >= 11 is 0. The van der Waals surface area contributed by atoms with Gasteiger partial charge in [0.05, 0.1) is 17.6 Å². The average molecular weight is 413 g/mol. The molecule has 154 valence electrons. The molecule has 0 N–H and O–H groups in total. The second-order valence-electron chi connectivity index (χ2n) is 8.63. The molecule has 6 heteroatoms. The minimum absolute atomic E-state index is 0.216. The van der Waals surface area contributed by atoms with Crippen LogP contribution in [0.5, 0.6) is 0 Å². The van der Waals surface area contributed by atoms with Gasteiger partial charge < -0.3 is 9.16 Å². The van der Waals surface area contributed by atoms with Crippen molar-refractivity contribution in [1.82, 2.24) is 0 Å². The number of hydrogen-bond donors (Lipinski definition) is 0. The van der Waals surface area contributed by atoms with E-state index in [-0.39, 0.29) is 6.61 Å². The Hall–Kier alpha value is -0.693. The van der Waals surface area contributed by atoms with Crippen LogP contribution < -0.4 is 0 Å². The molecule has 4 nitrogen and oxygen atoms in total. The number of hydrogen-bond acceptors (Lipinski definition) is 4. The van der Waals surface area contributed by atoms with Crippen LogP contribution >= 0.6 is 0 Å². The summed E-state index contributed by atoms with van der Waals surface area (Å²) in [6.07, 6.45) is 1.12. The molecule has 0 spiro atoms. The minimum Gasteiger partial charge on any atom is -0.409 e. The predicted molar refractivity (Wildman–Crippen MR) is 113 cm³/mol. The number of benzene rings is 1. The quantitative estimate of drug-likeness (QED) is 0.373. The van der Waals surface area contributed by atoms with Gasteiger partial charge in [-0.2, -0.15) is 0 Å². The van der Waals surface area contributed by atoms with Gasteiger partial charge in [-0.15, -0.1) is 0 Å². The molecule has 0 amide bonds. The monoisotopic (exact) mass is 412 g/mol. The van der Waals surface area contributed by atoms with Crippen LogP contribution in [0.25, 0.3) is 0 Å². The van der Waals surface area contributed by atoms with E-state index in [1.807, 2.05) is 6.07 Å². The first-order valence-corrected chi connectivity index (χ1v) is 13.8. The van der Waals surface area contributed by atoms with Gasteiger partial charge in [0.1, 0.15) is 0 Å². The molecule has 0 aromatic heterocycles. The Morgan fingerprint density at radius 1 is 1.04 bits per heavy atom. The fourth-order valence-electron chi connectivity index (χ4n) is 4.67. The summed E-state index contributed by atoms with van der Waals surface area (Å²) in [5, 5.41) is 0. The Morgan fingerprint density at radius 2 is 1.52 bits per heavy atom. The molecular weight excluding hydrogens is 376 g/mol. The van der Waals surface area contributed by atoms with E-state index in [0.717, 1.165) is 6.42 Å². The lowest BCUT2D eigenvalue weighted by molar-refractivity contribution is 0.109. The van der Waals surface area contributed by atoms with Crippen LogP contribution in [0.3, 0.4) is 0 Å². The first-order valence-electron chi connectivity index (χ1n) is 10.2. The van der Waals surface area contributed by atoms with E-state index >= 15 is 0 Å². The Balaban J connectivity index is 2.48. The summed E-state index contributed by atoms with van der Waals surface area (Å²) in [5.74, 6) is 0. The lowest BCUT2D eigenvalue weighted by Gasteiger charge is -2.45. The molecule has 0 bridgehead atoms. The summed E-state index contributed by atoms with van der Waals surface area (Å²) in [6.45, 7) is 15.6. The van der Waals surface area contributed by atoms with Gasteiger partial charge in [-0.25, -0.2) is 8.42 Å². The normalized spacial score (nSPS) is 21.9. The molecule has 2 rings (SSSR count). The standard InChI is InChI=1S/C21H36O4SSi/c1-8-12-20(25-27(16(2)3,17(4)5)18(6)7)21(15-24-21)26(22,23)19-13-10-9-11-14-19/h9-11,13-14,16-18,20H,8,12,15H2,1-7H3/t20-,21+/m0/s1. The van der Waals surface area contributed by atoms with Crippen LogP contribution in [-0.2, 0) is 19.0 Å². The minimum atomic E-state index is -3.62. The molecule has 0 saturated carbocycles. The lowest BCUT2D eigenvalue weighted by atomic mass is 10.1. The Labute approximate surface area is 166 Å². The SMILES string of the molecule is CCC[C@H](O[Si](C(C)C)(C(C)C)C(C)C)[C@]1(S(=O)(=O)c2ccccc2)CO1. The van der Waals surface area contributed by atoms with E-state index in [9.17, 15) is 8.42 Å². The van der Waals surface area contributed by atoms with Gasteiger partial charge in [-0.1, -0.05) is 73.1 Å². The maximum absolute atomic E-state index is 13.4. The van der Waals surface area contributed by atoms with E-state index in [1.54, 1.807) is 24.3 Å². The van der Waals surface area contributed by atoms with Crippen LogP contribution in [0, 0.1) is 0 Å². The first kappa shape index (κ1) is 22.6. The van der Waals surface area contributed by atoms with Crippen molar-refractivity contribution in [2.45, 2.75) is 93.9 Å². The molecule has 0 aliphatic carbocycles. The van der Waals surface area contributed by atoms with Crippen molar-refractivity contribution in [1.29, 1.82) is 0 Å². The smallest absolute Gasteiger partial charge is 0.221 e. The van der Waals surface area contributed by atoms with Gasteiger partial charge in [0.15, 0.2) is 0 Å². The molecule has 2 atom stereocenters. The van der Waals surface area contributed by atoms with Crippen molar-refractivity contribution in [3.8, 4) is 0 Å². The first-order chi connectivity index (χ1) is 12.6. The van der Waals surface area contributed by atoms with Crippen LogP contribution in [0.15, 0.2) is 35.2 Å². The van der Waals surface area contributed by atoms with E-state index in [1.165, 1.54) is 0 Å². The van der Waals surface area contributed by atoms with E-state index in [4.69, 9.17) is 9.16 Å². The highest BCUT2D eigenvalue weighted by molar-refractivity contribution is 7.93. The topological polar surface area (TPSA) is 55.9 Å². The van der Waals surface area contributed by atoms with E-state index in [0.29, 0.717) is 27.9 Å². The van der Waals surface area contributed by atoms with Crippen molar-refractivity contribution in [3.63, 3.8) is 0 Å². The van der Waals surface area contributed by atoms with Crippen LogP contribution in [-0.4, -0.2) is 34.4 Å². The molecule has 0 unspecified atom stereocenters. The molecule has 1 aliphatic rings. The van der Waals surface area contributed by atoms with Crippen molar-refractivity contribution >= 4 is 18.2 Å². The lowest BCUT2D eigenvalue weighted by Crippen LogP contribution is -2.54. The highest BCUT2D eigenvalue weighted by Crippen LogP contribution is 2.49. The molecule has 1 heterocycles. The van der Waals surface area contributed by atoms with Gasteiger partial charge in [0, 0.05) is 0 Å². The predicted octanol–water partition coefficient (Wildman–Crippen LogP) is 5.55. The number of sulfone groups is 1. The zero-order valence-electron chi connectivity index (χ0n) is 17.9. The molecule has 1 aromatic rings. The van der Waals surface area contributed by atoms with Crippen molar-refractivity contribution in [2.75, 3.05) is 6.61 Å². The Morgan fingerprint density at radius 3 is 1.89 bits per heavy atom.